The summed E-state index contributed by atoms with van der Waals surface area (Å²) in [5, 5.41) is 29.9. The van der Waals surface area contributed by atoms with Crippen molar-refractivity contribution in [1.82, 2.24) is 30.9 Å². The molecule has 0 spiro atoms. The highest BCUT2D eigenvalue weighted by atomic mass is 16.4. The van der Waals surface area contributed by atoms with E-state index in [4.69, 9.17) is 5.73 Å². The summed E-state index contributed by atoms with van der Waals surface area (Å²) >= 11 is 0. The number of carbonyl (C=O) groups is 5. The zero-order chi connectivity index (χ0) is 36.8. The van der Waals surface area contributed by atoms with E-state index >= 15 is 0 Å². The second-order valence-electron chi connectivity index (χ2n) is 12.8. The number of nitrogens with one attached hydrogen (secondary N) is 6. The summed E-state index contributed by atoms with van der Waals surface area (Å²) in [6, 6.07) is 17.2. The predicted molar refractivity (Wildman–Crippen MR) is 194 cm³/mol. The van der Waals surface area contributed by atoms with Crippen molar-refractivity contribution in [3.05, 3.63) is 108 Å². The number of H-pyrrole nitrogens is 3. The molecule has 52 heavy (non-hydrogen) atoms. The van der Waals surface area contributed by atoms with Crippen LogP contribution in [-0.4, -0.2) is 79.0 Å². The molecule has 3 heterocycles. The number of hydrogen-bond donors (Lipinski definition) is 9. The molecule has 3 aromatic carbocycles. The van der Waals surface area contributed by atoms with Crippen molar-refractivity contribution in [2.24, 2.45) is 5.73 Å². The first kappa shape index (κ1) is 35.4. The number of rotatable bonds is 16. The maximum atomic E-state index is 13.9. The maximum Gasteiger partial charge on any atom is 0.326 e. The summed E-state index contributed by atoms with van der Waals surface area (Å²) in [5.74, 6) is -4.74. The van der Waals surface area contributed by atoms with Crippen molar-refractivity contribution >= 4 is 62.4 Å². The van der Waals surface area contributed by atoms with Crippen LogP contribution in [0.25, 0.3) is 32.7 Å². The molecule has 0 aliphatic rings. The predicted octanol–water partition coefficient (Wildman–Crippen LogP) is 2.89. The molecule has 0 fully saturated rings. The molecule has 14 heteroatoms. The molecule has 0 radical (unpaired) electrons. The van der Waals surface area contributed by atoms with Crippen molar-refractivity contribution in [2.45, 2.75) is 56.3 Å². The van der Waals surface area contributed by atoms with Crippen LogP contribution in [0.5, 0.6) is 0 Å². The molecule has 14 nitrogen and oxygen atoms in total. The summed E-state index contributed by atoms with van der Waals surface area (Å²) in [6.07, 6.45) is 4.46. The van der Waals surface area contributed by atoms with Crippen molar-refractivity contribution in [1.29, 1.82) is 0 Å². The van der Waals surface area contributed by atoms with Crippen LogP contribution in [0.3, 0.4) is 0 Å². The number of para-hydroxylation sites is 3. The van der Waals surface area contributed by atoms with Crippen LogP contribution in [0.2, 0.25) is 0 Å². The zero-order valence-corrected chi connectivity index (χ0v) is 28.0. The van der Waals surface area contributed by atoms with Gasteiger partial charge >= 0.3 is 11.9 Å². The molecule has 0 aliphatic heterocycles. The number of benzene rings is 3. The topological polar surface area (TPSA) is 235 Å². The Balaban J connectivity index is 1.22. The first-order valence-corrected chi connectivity index (χ1v) is 16.8. The number of carbonyl (C=O) groups excluding carboxylic acids is 3. The molecule has 268 valence electrons. The molecule has 3 aromatic heterocycles. The molecule has 0 saturated carbocycles. The van der Waals surface area contributed by atoms with Gasteiger partial charge in [0.15, 0.2) is 0 Å². The number of aliphatic carboxylic acids is 2. The van der Waals surface area contributed by atoms with Crippen molar-refractivity contribution in [3.63, 3.8) is 0 Å². The van der Waals surface area contributed by atoms with Gasteiger partial charge in [-0.3, -0.25) is 19.2 Å². The van der Waals surface area contributed by atoms with E-state index in [1.807, 2.05) is 72.8 Å². The lowest BCUT2D eigenvalue weighted by molar-refractivity contribution is -0.142. The first-order valence-electron chi connectivity index (χ1n) is 16.8. The lowest BCUT2D eigenvalue weighted by Gasteiger charge is -2.25. The third-order valence-electron chi connectivity index (χ3n) is 9.18. The summed E-state index contributed by atoms with van der Waals surface area (Å²) in [5.41, 5.74) is 10.9. The Morgan fingerprint density at radius 1 is 0.558 bits per heavy atom. The second-order valence-corrected chi connectivity index (χ2v) is 12.8. The number of aromatic amines is 3. The molecular weight excluding hydrogens is 666 g/mol. The molecule has 3 amide bonds. The van der Waals surface area contributed by atoms with E-state index in [9.17, 15) is 34.2 Å². The van der Waals surface area contributed by atoms with E-state index in [1.54, 1.807) is 18.6 Å². The van der Waals surface area contributed by atoms with Gasteiger partial charge in [-0.2, -0.15) is 0 Å². The Morgan fingerprint density at radius 2 is 0.962 bits per heavy atom. The van der Waals surface area contributed by atoms with Gasteiger partial charge in [-0.15, -0.1) is 0 Å². The Labute approximate surface area is 297 Å². The minimum atomic E-state index is -1.36. The second kappa shape index (κ2) is 15.6. The number of nitrogens with two attached hydrogens (primary N) is 1. The monoisotopic (exact) mass is 705 g/mol. The fraction of sp³-hybridized carbons (Fsp3) is 0.237. The summed E-state index contributed by atoms with van der Waals surface area (Å²) < 4.78 is 0. The molecule has 6 aromatic rings. The highest BCUT2D eigenvalue weighted by Crippen LogP contribution is 2.22. The van der Waals surface area contributed by atoms with Crippen molar-refractivity contribution < 1.29 is 34.2 Å². The highest BCUT2D eigenvalue weighted by molar-refractivity contribution is 5.95. The number of hydrogen-bond acceptors (Lipinski definition) is 6. The van der Waals surface area contributed by atoms with Gasteiger partial charge in [0.25, 0.3) is 0 Å². The van der Waals surface area contributed by atoms with E-state index in [-0.39, 0.29) is 25.7 Å². The minimum absolute atomic E-state index is 0.0373. The van der Waals surface area contributed by atoms with Crippen LogP contribution in [0.15, 0.2) is 91.4 Å². The highest BCUT2D eigenvalue weighted by Gasteiger charge is 2.32. The molecule has 4 atom stereocenters. The average molecular weight is 706 g/mol. The zero-order valence-electron chi connectivity index (χ0n) is 28.0. The van der Waals surface area contributed by atoms with Gasteiger partial charge in [0.1, 0.15) is 18.1 Å². The number of carboxylic acids is 2. The van der Waals surface area contributed by atoms with Gasteiger partial charge < -0.3 is 46.8 Å². The van der Waals surface area contributed by atoms with E-state index < -0.39 is 60.2 Å². The van der Waals surface area contributed by atoms with E-state index in [1.165, 1.54) is 0 Å². The molecular formula is C38H39N7O7. The Bertz CT molecular complexity index is 2250. The van der Waals surface area contributed by atoms with Crippen molar-refractivity contribution in [2.75, 3.05) is 0 Å². The number of carboxylic acid groups (broad SMARTS) is 2. The van der Waals surface area contributed by atoms with Crippen LogP contribution in [0.4, 0.5) is 0 Å². The molecule has 0 aliphatic carbocycles. The molecule has 4 unspecified atom stereocenters. The number of aromatic nitrogens is 3. The van der Waals surface area contributed by atoms with Crippen molar-refractivity contribution in [3.8, 4) is 0 Å². The third kappa shape index (κ3) is 8.13. The number of fused-ring (bicyclic) bond motifs is 3. The quantitative estimate of drug-likeness (QED) is 0.0724. The SMILES string of the molecule is NC(Cc1c[nH]c2ccccc12)C(=O)NC(CCC(=O)O)C(=O)NC(Cc1c[nH]c2ccccc12)C(=O)NC(Cc1c[nH]c2ccccc12)C(=O)O. The Kier molecular flexibility index (Phi) is 10.7. The van der Waals surface area contributed by atoms with Gasteiger partial charge in [-0.05, 0) is 47.7 Å². The van der Waals surface area contributed by atoms with Gasteiger partial charge in [0.2, 0.25) is 17.7 Å². The van der Waals surface area contributed by atoms with Crippen LogP contribution in [0.1, 0.15) is 29.5 Å². The van der Waals surface area contributed by atoms with Crippen LogP contribution in [-0.2, 0) is 43.2 Å². The smallest absolute Gasteiger partial charge is 0.326 e. The van der Waals surface area contributed by atoms with Gasteiger partial charge in [0, 0.05) is 70.6 Å². The minimum Gasteiger partial charge on any atom is -0.481 e. The van der Waals surface area contributed by atoms with Gasteiger partial charge in [-0.25, -0.2) is 4.79 Å². The average Bonchev–Trinajstić information content (AvgIpc) is 3.86. The fourth-order valence-electron chi connectivity index (χ4n) is 6.44. The Morgan fingerprint density at radius 3 is 1.44 bits per heavy atom. The van der Waals surface area contributed by atoms with Crippen LogP contribution in [0, 0.1) is 0 Å². The fourth-order valence-corrected chi connectivity index (χ4v) is 6.44. The first-order chi connectivity index (χ1) is 25.1. The maximum absolute atomic E-state index is 13.9. The van der Waals surface area contributed by atoms with Gasteiger partial charge in [-0.1, -0.05) is 54.6 Å². The number of amides is 3. The van der Waals surface area contributed by atoms with E-state index in [2.05, 4.69) is 30.9 Å². The summed E-state index contributed by atoms with van der Waals surface area (Å²) in [4.78, 5) is 74.5. The largest absolute Gasteiger partial charge is 0.481 e. The lowest BCUT2D eigenvalue weighted by atomic mass is 10.0. The summed E-state index contributed by atoms with van der Waals surface area (Å²) in [6.45, 7) is 0. The standard InChI is InChI=1S/C38H39N7O7/c39-27(15-21-18-40-28-10-4-1-7-24(21)28)35(48)43-31(13-14-34(46)47)36(49)44-32(16-22-19-41-29-11-5-2-8-25(22)29)37(50)45-33(38(51)52)17-23-20-42-30-12-6-3-9-26(23)30/h1-12,18-20,27,31-33,40-42H,13-17,39H2,(H,43,48)(H,44,49)(H,45,50)(H,46,47)(H,51,52). The van der Waals surface area contributed by atoms with Gasteiger partial charge in [0.05, 0.1) is 6.04 Å². The van der Waals surface area contributed by atoms with E-state index in [0.717, 1.165) is 38.3 Å². The van der Waals surface area contributed by atoms with Crippen LogP contribution < -0.4 is 21.7 Å². The lowest BCUT2D eigenvalue weighted by Crippen LogP contribution is -2.58. The normalized spacial score (nSPS) is 13.7. The summed E-state index contributed by atoms with van der Waals surface area (Å²) in [7, 11) is 0. The van der Waals surface area contributed by atoms with Crippen LogP contribution >= 0.6 is 0 Å². The Hall–Kier alpha value is -6.41. The molecule has 6 rings (SSSR count). The third-order valence-corrected chi connectivity index (χ3v) is 9.18. The molecule has 0 bridgehead atoms. The molecule has 10 N–H and O–H groups in total. The van der Waals surface area contributed by atoms with E-state index in [0.29, 0.717) is 11.1 Å². The molecule has 0 saturated heterocycles.